The quantitative estimate of drug-likeness (QED) is 0.650. The number of anilines is 1. The first kappa shape index (κ1) is 11.8. The van der Waals surface area contributed by atoms with Crippen molar-refractivity contribution < 1.29 is 14.1 Å². The molecule has 0 spiro atoms. The van der Waals surface area contributed by atoms with Gasteiger partial charge in [-0.15, -0.1) is 0 Å². The van der Waals surface area contributed by atoms with Crippen LogP contribution in [-0.2, 0) is 4.74 Å². The second-order valence-electron chi connectivity index (χ2n) is 4.41. The molecule has 1 aromatic carbocycles. The average molecular weight is 240 g/mol. The molecule has 0 amide bonds. The molecule has 0 saturated carbocycles. The molecule has 0 aromatic heterocycles. The summed E-state index contributed by atoms with van der Waals surface area (Å²) in [6, 6.07) is 3.51. The third-order valence-electron chi connectivity index (χ3n) is 2.81. The van der Waals surface area contributed by atoms with E-state index in [0.29, 0.717) is 18.9 Å². The van der Waals surface area contributed by atoms with Crippen LogP contribution in [0, 0.1) is 15.9 Å². The van der Waals surface area contributed by atoms with E-state index in [1.165, 1.54) is 12.1 Å². The summed E-state index contributed by atoms with van der Waals surface area (Å²) in [6.45, 7) is 3.03. The summed E-state index contributed by atoms with van der Waals surface area (Å²) in [5, 5.41) is 13.9. The topological polar surface area (TPSA) is 64.4 Å². The van der Waals surface area contributed by atoms with Crippen molar-refractivity contribution in [2.45, 2.75) is 18.9 Å². The first-order valence-corrected chi connectivity index (χ1v) is 5.30. The van der Waals surface area contributed by atoms with Gasteiger partial charge >= 0.3 is 0 Å². The van der Waals surface area contributed by atoms with Gasteiger partial charge in [0.05, 0.1) is 23.1 Å². The fraction of sp³-hybridized carbons (Fsp3) is 0.455. The smallest absolute Gasteiger partial charge is 0.295 e. The van der Waals surface area contributed by atoms with Crippen LogP contribution >= 0.6 is 0 Å². The van der Waals surface area contributed by atoms with E-state index in [1.807, 2.05) is 6.92 Å². The lowest BCUT2D eigenvalue weighted by atomic mass is 10.0. The fourth-order valence-corrected chi connectivity index (χ4v) is 1.85. The summed E-state index contributed by atoms with van der Waals surface area (Å²) in [5.74, 6) is -0.616. The minimum absolute atomic E-state index is 0.252. The van der Waals surface area contributed by atoms with Gasteiger partial charge in [0.15, 0.2) is 0 Å². The second kappa shape index (κ2) is 4.29. The third-order valence-corrected chi connectivity index (χ3v) is 2.81. The van der Waals surface area contributed by atoms with Crippen molar-refractivity contribution >= 4 is 11.4 Å². The van der Waals surface area contributed by atoms with Crippen molar-refractivity contribution in [1.82, 2.24) is 0 Å². The number of hydrogen-bond donors (Lipinski definition) is 1. The lowest BCUT2D eigenvalue weighted by molar-refractivity contribution is -0.384. The van der Waals surface area contributed by atoms with Crippen molar-refractivity contribution in [3.8, 4) is 0 Å². The van der Waals surface area contributed by atoms with Crippen molar-refractivity contribution in [2.24, 2.45) is 0 Å². The summed E-state index contributed by atoms with van der Waals surface area (Å²) in [5.41, 5.74) is -0.259. The number of nitro benzene ring substituents is 1. The van der Waals surface area contributed by atoms with Gasteiger partial charge in [-0.1, -0.05) is 0 Å². The van der Waals surface area contributed by atoms with Crippen molar-refractivity contribution in [2.75, 3.05) is 18.5 Å². The zero-order valence-corrected chi connectivity index (χ0v) is 9.40. The highest BCUT2D eigenvalue weighted by Crippen LogP contribution is 2.30. The predicted octanol–water partition coefficient (Wildman–Crippen LogP) is 2.32. The summed E-state index contributed by atoms with van der Waals surface area (Å²) in [6.07, 6.45) is 0.765. The lowest BCUT2D eigenvalue weighted by Crippen LogP contribution is -2.35. The molecule has 1 atom stereocenters. The summed E-state index contributed by atoms with van der Waals surface area (Å²) in [4.78, 5) is 10.2. The van der Waals surface area contributed by atoms with Crippen LogP contribution in [0.1, 0.15) is 13.3 Å². The van der Waals surface area contributed by atoms with E-state index in [0.717, 1.165) is 12.5 Å². The number of benzene rings is 1. The first-order chi connectivity index (χ1) is 8.00. The largest absolute Gasteiger partial charge is 0.379 e. The SMILES string of the molecule is CC1(Nc2ccc(F)cc2[N+](=O)[O-])CCOC1. The Bertz CT molecular complexity index is 444. The van der Waals surface area contributed by atoms with Crippen LogP contribution in [0.2, 0.25) is 0 Å². The van der Waals surface area contributed by atoms with Gasteiger partial charge < -0.3 is 10.1 Å². The summed E-state index contributed by atoms with van der Waals surface area (Å²) >= 11 is 0. The van der Waals surface area contributed by atoms with E-state index in [-0.39, 0.29) is 11.2 Å². The monoisotopic (exact) mass is 240 g/mol. The van der Waals surface area contributed by atoms with Crippen LogP contribution in [0.5, 0.6) is 0 Å². The third kappa shape index (κ3) is 2.52. The van der Waals surface area contributed by atoms with E-state index in [4.69, 9.17) is 4.74 Å². The molecule has 0 radical (unpaired) electrons. The van der Waals surface area contributed by atoms with E-state index in [9.17, 15) is 14.5 Å². The van der Waals surface area contributed by atoms with Gasteiger partial charge in [0.25, 0.3) is 5.69 Å². The van der Waals surface area contributed by atoms with E-state index in [2.05, 4.69) is 5.32 Å². The molecule has 1 aliphatic rings. The predicted molar refractivity (Wildman–Crippen MR) is 60.5 cm³/mol. The van der Waals surface area contributed by atoms with E-state index in [1.54, 1.807) is 0 Å². The van der Waals surface area contributed by atoms with Crippen LogP contribution in [0.3, 0.4) is 0 Å². The van der Waals surface area contributed by atoms with Gasteiger partial charge in [0.2, 0.25) is 0 Å². The maximum Gasteiger partial charge on any atom is 0.295 e. The Kier molecular flexibility index (Phi) is 2.97. The molecular formula is C11H13FN2O3. The summed E-state index contributed by atoms with van der Waals surface area (Å²) in [7, 11) is 0. The van der Waals surface area contributed by atoms with Gasteiger partial charge in [-0.25, -0.2) is 4.39 Å². The van der Waals surface area contributed by atoms with Crippen LogP contribution in [0.25, 0.3) is 0 Å². The van der Waals surface area contributed by atoms with Crippen molar-refractivity contribution in [3.63, 3.8) is 0 Å². The molecule has 1 saturated heterocycles. The molecule has 1 N–H and O–H groups in total. The highest BCUT2D eigenvalue weighted by Gasteiger charge is 2.31. The van der Waals surface area contributed by atoms with Gasteiger partial charge in [-0.05, 0) is 25.5 Å². The zero-order chi connectivity index (χ0) is 12.5. The molecule has 6 heteroatoms. The molecule has 17 heavy (non-hydrogen) atoms. The Labute approximate surface area is 97.7 Å². The Balaban J connectivity index is 2.28. The minimum atomic E-state index is -0.616. The lowest BCUT2D eigenvalue weighted by Gasteiger charge is -2.24. The van der Waals surface area contributed by atoms with Crippen LogP contribution in [-0.4, -0.2) is 23.7 Å². The molecule has 1 aromatic rings. The zero-order valence-electron chi connectivity index (χ0n) is 9.40. The van der Waals surface area contributed by atoms with Gasteiger partial charge in [0, 0.05) is 6.61 Å². The first-order valence-electron chi connectivity index (χ1n) is 5.30. The summed E-state index contributed by atoms with van der Waals surface area (Å²) < 4.78 is 18.2. The minimum Gasteiger partial charge on any atom is -0.379 e. The Morgan fingerprint density at radius 2 is 2.35 bits per heavy atom. The van der Waals surface area contributed by atoms with Crippen LogP contribution < -0.4 is 5.32 Å². The molecule has 1 fully saturated rings. The van der Waals surface area contributed by atoms with E-state index < -0.39 is 10.7 Å². The van der Waals surface area contributed by atoms with E-state index >= 15 is 0 Å². The Morgan fingerprint density at radius 3 is 2.94 bits per heavy atom. The molecule has 92 valence electrons. The molecular weight excluding hydrogens is 227 g/mol. The van der Waals surface area contributed by atoms with Crippen LogP contribution in [0.15, 0.2) is 18.2 Å². The second-order valence-corrected chi connectivity index (χ2v) is 4.41. The number of nitrogens with one attached hydrogen (secondary N) is 1. The fourth-order valence-electron chi connectivity index (χ4n) is 1.85. The van der Waals surface area contributed by atoms with Crippen molar-refractivity contribution in [3.05, 3.63) is 34.1 Å². The standard InChI is InChI=1S/C11H13FN2O3/c1-11(4-5-17-7-11)13-9-3-2-8(12)6-10(9)14(15)16/h2-3,6,13H,4-5,7H2,1H3. The number of hydrogen-bond acceptors (Lipinski definition) is 4. The van der Waals surface area contributed by atoms with Crippen LogP contribution in [0.4, 0.5) is 15.8 Å². The Hall–Kier alpha value is -1.69. The van der Waals surface area contributed by atoms with Gasteiger partial charge in [-0.2, -0.15) is 0 Å². The number of halogens is 1. The molecule has 1 unspecified atom stereocenters. The maximum atomic E-state index is 13.0. The molecule has 1 aliphatic heterocycles. The molecule has 2 rings (SSSR count). The Morgan fingerprint density at radius 1 is 1.59 bits per heavy atom. The normalized spacial score (nSPS) is 23.6. The molecule has 5 nitrogen and oxygen atoms in total. The van der Waals surface area contributed by atoms with Crippen molar-refractivity contribution in [1.29, 1.82) is 0 Å². The highest BCUT2D eigenvalue weighted by atomic mass is 19.1. The maximum absolute atomic E-state index is 13.0. The molecule has 0 aliphatic carbocycles. The number of rotatable bonds is 3. The number of nitro groups is 1. The van der Waals surface area contributed by atoms with Gasteiger partial charge in [0.1, 0.15) is 11.5 Å². The van der Waals surface area contributed by atoms with Gasteiger partial charge in [-0.3, -0.25) is 10.1 Å². The average Bonchev–Trinajstić information content (AvgIpc) is 2.67. The molecule has 0 bridgehead atoms. The number of ether oxygens (including phenoxy) is 1. The molecule has 1 heterocycles. The number of nitrogens with zero attached hydrogens (tertiary/aromatic N) is 1. The highest BCUT2D eigenvalue weighted by molar-refractivity contribution is 5.62.